The lowest BCUT2D eigenvalue weighted by Crippen LogP contribution is -2.01. The van der Waals surface area contributed by atoms with E-state index in [9.17, 15) is 0 Å². The van der Waals surface area contributed by atoms with Crippen molar-refractivity contribution < 1.29 is 9.78 Å². The molecule has 0 heterocycles. The first-order valence-corrected chi connectivity index (χ1v) is 7.10. The summed E-state index contributed by atoms with van der Waals surface area (Å²) in [4.78, 5) is 10.7. The van der Waals surface area contributed by atoms with Gasteiger partial charge in [0.05, 0.1) is 0 Å². The average molecular weight is 270 g/mol. The monoisotopic (exact) mass is 270 g/mol. The summed E-state index contributed by atoms with van der Waals surface area (Å²) >= 11 is 0. The van der Waals surface area contributed by atoms with Crippen molar-refractivity contribution in [1.29, 1.82) is 0 Å². The van der Waals surface area contributed by atoms with E-state index in [2.05, 4.69) is 45.9 Å². The van der Waals surface area contributed by atoms with Crippen LogP contribution in [0.25, 0.3) is 0 Å². The van der Waals surface area contributed by atoms with Crippen molar-refractivity contribution in [3.8, 4) is 11.5 Å². The van der Waals surface area contributed by atoms with Gasteiger partial charge in [0.25, 0.3) is 0 Å². The maximum Gasteiger partial charge on any atom is 0.178 e. The second-order valence-corrected chi connectivity index (χ2v) is 5.62. The molecule has 0 aliphatic heterocycles. The van der Waals surface area contributed by atoms with Crippen LogP contribution < -0.4 is 9.78 Å². The average Bonchev–Trinajstić information content (AvgIpc) is 2.46. The SMILES string of the molecule is CC(C)c1ccc(OOc2cccc(C(C)C)c2)cc1. The molecule has 0 radical (unpaired) electrons. The molecule has 0 unspecified atom stereocenters. The Balaban J connectivity index is 1.99. The maximum atomic E-state index is 5.38. The van der Waals surface area contributed by atoms with E-state index in [0.717, 1.165) is 5.75 Å². The van der Waals surface area contributed by atoms with Gasteiger partial charge in [-0.1, -0.05) is 52.0 Å². The third-order valence-corrected chi connectivity index (χ3v) is 3.31. The molecule has 0 aliphatic carbocycles. The van der Waals surface area contributed by atoms with E-state index in [1.165, 1.54) is 11.1 Å². The lowest BCUT2D eigenvalue weighted by atomic mass is 10.0. The Labute approximate surface area is 121 Å². The molecule has 0 N–H and O–H groups in total. The zero-order valence-corrected chi connectivity index (χ0v) is 12.6. The van der Waals surface area contributed by atoms with Crippen molar-refractivity contribution in [3.63, 3.8) is 0 Å². The van der Waals surface area contributed by atoms with Gasteiger partial charge in [-0.15, -0.1) is 0 Å². The van der Waals surface area contributed by atoms with Gasteiger partial charge < -0.3 is 0 Å². The molecule has 0 bridgehead atoms. The van der Waals surface area contributed by atoms with Crippen LogP contribution in [0, 0.1) is 0 Å². The molecule has 0 atom stereocenters. The third-order valence-electron chi connectivity index (χ3n) is 3.31. The van der Waals surface area contributed by atoms with E-state index in [0.29, 0.717) is 17.6 Å². The topological polar surface area (TPSA) is 18.5 Å². The Hall–Kier alpha value is -1.96. The first-order chi connectivity index (χ1) is 9.56. The van der Waals surface area contributed by atoms with Crippen molar-refractivity contribution in [2.75, 3.05) is 0 Å². The first-order valence-electron chi connectivity index (χ1n) is 7.10. The summed E-state index contributed by atoms with van der Waals surface area (Å²) in [7, 11) is 0. The molecule has 0 fully saturated rings. The highest BCUT2D eigenvalue weighted by Crippen LogP contribution is 2.22. The Kier molecular flexibility index (Phi) is 4.67. The van der Waals surface area contributed by atoms with E-state index in [1.54, 1.807) is 0 Å². The molecule has 0 spiro atoms. The Morgan fingerprint density at radius 3 is 1.85 bits per heavy atom. The number of hydrogen-bond acceptors (Lipinski definition) is 2. The summed E-state index contributed by atoms with van der Waals surface area (Å²) in [6.45, 7) is 8.66. The fourth-order valence-electron chi connectivity index (χ4n) is 1.93. The van der Waals surface area contributed by atoms with Gasteiger partial charge in [-0.25, -0.2) is 0 Å². The van der Waals surface area contributed by atoms with Crippen LogP contribution in [0.4, 0.5) is 0 Å². The van der Waals surface area contributed by atoms with Crippen LogP contribution in [0.5, 0.6) is 11.5 Å². The number of hydrogen-bond donors (Lipinski definition) is 0. The molecule has 106 valence electrons. The number of benzene rings is 2. The predicted molar refractivity (Wildman–Crippen MR) is 82.3 cm³/mol. The summed E-state index contributed by atoms with van der Waals surface area (Å²) < 4.78 is 0. The fraction of sp³-hybridized carbons (Fsp3) is 0.333. The second kappa shape index (κ2) is 6.47. The van der Waals surface area contributed by atoms with Gasteiger partial charge in [-0.05, 0) is 47.2 Å². The normalized spacial score (nSPS) is 10.9. The minimum absolute atomic E-state index is 0.476. The highest BCUT2D eigenvalue weighted by Gasteiger charge is 2.03. The zero-order chi connectivity index (χ0) is 14.5. The molecule has 2 aromatic carbocycles. The van der Waals surface area contributed by atoms with Crippen molar-refractivity contribution in [2.24, 2.45) is 0 Å². The lowest BCUT2D eigenvalue weighted by Gasteiger charge is -2.10. The van der Waals surface area contributed by atoms with Gasteiger partial charge in [0, 0.05) is 0 Å². The molecular formula is C18H22O2. The molecular weight excluding hydrogens is 248 g/mol. The van der Waals surface area contributed by atoms with Crippen LogP contribution >= 0.6 is 0 Å². The van der Waals surface area contributed by atoms with Gasteiger partial charge in [0.1, 0.15) is 0 Å². The minimum Gasteiger partial charge on any atom is -0.290 e. The van der Waals surface area contributed by atoms with Crippen LogP contribution in [-0.2, 0) is 0 Å². The molecule has 2 heteroatoms. The maximum absolute atomic E-state index is 5.38. The zero-order valence-electron chi connectivity index (χ0n) is 12.6. The van der Waals surface area contributed by atoms with Gasteiger partial charge in [0.2, 0.25) is 0 Å². The Morgan fingerprint density at radius 1 is 0.650 bits per heavy atom. The molecule has 2 aromatic rings. The quantitative estimate of drug-likeness (QED) is 0.541. The summed E-state index contributed by atoms with van der Waals surface area (Å²) in [5.41, 5.74) is 2.53. The van der Waals surface area contributed by atoms with Crippen LogP contribution in [0.15, 0.2) is 48.5 Å². The largest absolute Gasteiger partial charge is 0.290 e. The highest BCUT2D eigenvalue weighted by atomic mass is 17.2. The van der Waals surface area contributed by atoms with Gasteiger partial charge >= 0.3 is 0 Å². The van der Waals surface area contributed by atoms with Crippen molar-refractivity contribution >= 4 is 0 Å². The summed E-state index contributed by atoms with van der Waals surface area (Å²) in [5.74, 6) is 2.44. The van der Waals surface area contributed by atoms with E-state index in [-0.39, 0.29) is 0 Å². The second-order valence-electron chi connectivity index (χ2n) is 5.62. The highest BCUT2D eigenvalue weighted by molar-refractivity contribution is 5.31. The standard InChI is InChI=1S/C18H22O2/c1-13(2)15-8-10-17(11-9-15)19-20-18-7-5-6-16(12-18)14(3)4/h5-14H,1-4H3. The minimum atomic E-state index is 0.476. The van der Waals surface area contributed by atoms with Crippen LogP contribution in [0.2, 0.25) is 0 Å². The van der Waals surface area contributed by atoms with E-state index >= 15 is 0 Å². The van der Waals surface area contributed by atoms with E-state index in [1.807, 2.05) is 30.3 Å². The molecule has 0 aromatic heterocycles. The van der Waals surface area contributed by atoms with Crippen LogP contribution in [0.1, 0.15) is 50.7 Å². The summed E-state index contributed by atoms with van der Waals surface area (Å²) in [6.07, 6.45) is 0. The third kappa shape index (κ3) is 3.77. The van der Waals surface area contributed by atoms with Crippen molar-refractivity contribution in [1.82, 2.24) is 0 Å². The fourth-order valence-corrected chi connectivity index (χ4v) is 1.93. The van der Waals surface area contributed by atoms with Gasteiger partial charge in [-0.3, -0.25) is 9.78 Å². The van der Waals surface area contributed by atoms with E-state index in [4.69, 9.17) is 9.78 Å². The lowest BCUT2D eigenvalue weighted by molar-refractivity contribution is -0.1000. The molecule has 0 saturated carbocycles. The molecule has 0 aliphatic rings. The van der Waals surface area contributed by atoms with Crippen LogP contribution in [0.3, 0.4) is 0 Å². The Bertz CT molecular complexity index is 542. The van der Waals surface area contributed by atoms with Crippen LogP contribution in [-0.4, -0.2) is 0 Å². The molecule has 0 saturated heterocycles. The molecule has 0 amide bonds. The van der Waals surface area contributed by atoms with Crippen molar-refractivity contribution in [2.45, 2.75) is 39.5 Å². The van der Waals surface area contributed by atoms with Crippen molar-refractivity contribution in [3.05, 3.63) is 59.7 Å². The summed E-state index contributed by atoms with van der Waals surface area (Å²) in [6, 6.07) is 16.0. The summed E-state index contributed by atoms with van der Waals surface area (Å²) in [5, 5.41) is 0. The smallest absolute Gasteiger partial charge is 0.178 e. The Morgan fingerprint density at radius 2 is 1.25 bits per heavy atom. The first kappa shape index (κ1) is 14.4. The predicted octanol–water partition coefficient (Wildman–Crippen LogP) is 5.31. The molecule has 20 heavy (non-hydrogen) atoms. The van der Waals surface area contributed by atoms with Gasteiger partial charge in [0.15, 0.2) is 11.5 Å². The molecule has 2 nitrogen and oxygen atoms in total. The van der Waals surface area contributed by atoms with E-state index < -0.39 is 0 Å². The number of rotatable bonds is 5. The van der Waals surface area contributed by atoms with Gasteiger partial charge in [-0.2, -0.15) is 0 Å². The molecule has 2 rings (SSSR count).